The van der Waals surface area contributed by atoms with Gasteiger partial charge >= 0.3 is 12.1 Å². The van der Waals surface area contributed by atoms with Gasteiger partial charge in [0.1, 0.15) is 6.61 Å². The fourth-order valence-corrected chi connectivity index (χ4v) is 3.35. The standard InChI is InChI=1S/C13H16N4O5S/c1-21-12(19)10-6-22-13(20)17(10)8-2-4-16(5-3-8)11(18)9-7-23-15-14-9/h7-8,10H,2-6H2,1H3. The first-order valence-electron chi connectivity index (χ1n) is 7.21. The molecule has 10 heteroatoms. The minimum Gasteiger partial charge on any atom is -0.467 e. The molecule has 124 valence electrons. The third kappa shape index (κ3) is 2.98. The summed E-state index contributed by atoms with van der Waals surface area (Å²) in [6.45, 7) is 0.979. The van der Waals surface area contributed by atoms with E-state index in [1.54, 1.807) is 10.3 Å². The molecule has 2 saturated heterocycles. The molecule has 1 aromatic rings. The van der Waals surface area contributed by atoms with E-state index in [-0.39, 0.29) is 18.6 Å². The molecule has 9 nitrogen and oxygen atoms in total. The van der Waals surface area contributed by atoms with Crippen LogP contribution in [-0.2, 0) is 14.3 Å². The monoisotopic (exact) mass is 340 g/mol. The Morgan fingerprint density at radius 3 is 2.74 bits per heavy atom. The lowest BCUT2D eigenvalue weighted by Crippen LogP contribution is -2.52. The largest absolute Gasteiger partial charge is 0.467 e. The van der Waals surface area contributed by atoms with Crippen molar-refractivity contribution in [2.75, 3.05) is 26.8 Å². The van der Waals surface area contributed by atoms with Crippen molar-refractivity contribution in [1.82, 2.24) is 19.4 Å². The van der Waals surface area contributed by atoms with Crippen LogP contribution in [0.5, 0.6) is 0 Å². The number of nitrogens with zero attached hydrogens (tertiary/aromatic N) is 4. The number of carbonyl (C=O) groups is 3. The number of hydrogen-bond donors (Lipinski definition) is 0. The third-order valence-corrected chi connectivity index (χ3v) is 4.61. The van der Waals surface area contributed by atoms with Gasteiger partial charge in [-0.2, -0.15) is 0 Å². The first-order valence-corrected chi connectivity index (χ1v) is 8.04. The highest BCUT2D eigenvalue weighted by atomic mass is 32.1. The van der Waals surface area contributed by atoms with Crippen LogP contribution in [-0.4, -0.2) is 76.2 Å². The van der Waals surface area contributed by atoms with Crippen molar-refractivity contribution in [3.8, 4) is 0 Å². The lowest BCUT2D eigenvalue weighted by molar-refractivity contribution is -0.145. The SMILES string of the molecule is COC(=O)C1COC(=O)N1C1CCN(C(=O)c2csnn2)CC1. The second kappa shape index (κ2) is 6.49. The van der Waals surface area contributed by atoms with Crippen LogP contribution in [0.1, 0.15) is 23.3 Å². The molecule has 1 unspecified atom stereocenters. The van der Waals surface area contributed by atoms with Gasteiger partial charge in [-0.05, 0) is 24.4 Å². The van der Waals surface area contributed by atoms with E-state index in [4.69, 9.17) is 9.47 Å². The molecule has 1 atom stereocenters. The lowest BCUT2D eigenvalue weighted by Gasteiger charge is -2.36. The minimum atomic E-state index is -0.706. The quantitative estimate of drug-likeness (QED) is 0.721. The van der Waals surface area contributed by atoms with Crippen molar-refractivity contribution >= 4 is 29.5 Å². The van der Waals surface area contributed by atoms with Gasteiger partial charge in [0.2, 0.25) is 0 Å². The fraction of sp³-hybridized carbons (Fsp3) is 0.615. The molecule has 0 N–H and O–H groups in total. The van der Waals surface area contributed by atoms with Crippen LogP contribution >= 0.6 is 11.5 Å². The van der Waals surface area contributed by atoms with Crippen LogP contribution in [0.15, 0.2) is 5.38 Å². The number of amides is 2. The van der Waals surface area contributed by atoms with Gasteiger partial charge in [0.25, 0.3) is 5.91 Å². The maximum Gasteiger partial charge on any atom is 0.410 e. The molecular formula is C13H16N4O5S. The second-order valence-corrected chi connectivity index (χ2v) is 5.95. The van der Waals surface area contributed by atoms with Crippen LogP contribution in [0.25, 0.3) is 0 Å². The van der Waals surface area contributed by atoms with E-state index < -0.39 is 18.1 Å². The molecule has 0 spiro atoms. The van der Waals surface area contributed by atoms with E-state index in [2.05, 4.69) is 9.59 Å². The van der Waals surface area contributed by atoms with Gasteiger partial charge < -0.3 is 14.4 Å². The third-order valence-electron chi connectivity index (χ3n) is 4.11. The van der Waals surface area contributed by atoms with E-state index >= 15 is 0 Å². The molecule has 2 amide bonds. The number of ether oxygens (including phenoxy) is 2. The van der Waals surface area contributed by atoms with Gasteiger partial charge in [-0.3, -0.25) is 9.69 Å². The summed E-state index contributed by atoms with van der Waals surface area (Å²) in [5.74, 6) is -0.645. The molecule has 2 aliphatic rings. The summed E-state index contributed by atoms with van der Waals surface area (Å²) in [4.78, 5) is 39.0. The molecular weight excluding hydrogens is 324 g/mol. The van der Waals surface area contributed by atoms with E-state index in [1.165, 1.54) is 12.0 Å². The molecule has 2 aliphatic heterocycles. The first-order chi connectivity index (χ1) is 11.1. The fourth-order valence-electron chi connectivity index (χ4n) is 2.92. The van der Waals surface area contributed by atoms with Gasteiger partial charge in [0.05, 0.1) is 7.11 Å². The van der Waals surface area contributed by atoms with E-state index in [0.717, 1.165) is 11.5 Å². The van der Waals surface area contributed by atoms with Crippen LogP contribution in [0.4, 0.5) is 4.79 Å². The predicted octanol–water partition coefficient (Wildman–Crippen LogP) is 0.136. The van der Waals surface area contributed by atoms with Gasteiger partial charge in [-0.1, -0.05) is 4.49 Å². The van der Waals surface area contributed by atoms with E-state index in [1.807, 2.05) is 0 Å². The highest BCUT2D eigenvalue weighted by Crippen LogP contribution is 2.25. The molecule has 1 aromatic heterocycles. The van der Waals surface area contributed by atoms with Gasteiger partial charge in [-0.15, -0.1) is 5.10 Å². The minimum absolute atomic E-state index is 0.00907. The Balaban J connectivity index is 1.63. The zero-order valence-corrected chi connectivity index (χ0v) is 13.3. The topological polar surface area (TPSA) is 102 Å². The number of rotatable bonds is 3. The Hall–Kier alpha value is -2.23. The van der Waals surface area contributed by atoms with Crippen molar-refractivity contribution in [3.05, 3.63) is 11.1 Å². The highest BCUT2D eigenvalue weighted by molar-refractivity contribution is 7.03. The van der Waals surface area contributed by atoms with Crippen molar-refractivity contribution in [2.45, 2.75) is 24.9 Å². The molecule has 3 heterocycles. The second-order valence-electron chi connectivity index (χ2n) is 5.34. The van der Waals surface area contributed by atoms with Crippen molar-refractivity contribution in [2.24, 2.45) is 0 Å². The number of hydrogen-bond acceptors (Lipinski definition) is 8. The zero-order valence-electron chi connectivity index (χ0n) is 12.5. The molecule has 3 rings (SSSR count). The average molecular weight is 340 g/mol. The number of cyclic esters (lactones) is 1. The Bertz CT molecular complexity index is 600. The van der Waals surface area contributed by atoms with Crippen LogP contribution in [0.2, 0.25) is 0 Å². The molecule has 0 saturated carbocycles. The Morgan fingerprint density at radius 1 is 1.39 bits per heavy atom. The number of methoxy groups -OCH3 is 1. The van der Waals surface area contributed by atoms with E-state index in [9.17, 15) is 14.4 Å². The molecule has 23 heavy (non-hydrogen) atoms. The van der Waals surface area contributed by atoms with Crippen LogP contribution in [0, 0.1) is 0 Å². The van der Waals surface area contributed by atoms with Gasteiger partial charge in [-0.25, -0.2) is 9.59 Å². The maximum absolute atomic E-state index is 12.2. The Labute approximate surface area is 136 Å². The summed E-state index contributed by atoms with van der Waals surface area (Å²) in [6, 6.07) is -0.853. The summed E-state index contributed by atoms with van der Waals surface area (Å²) in [6.07, 6.45) is 0.645. The molecule has 2 fully saturated rings. The number of carbonyl (C=O) groups excluding carboxylic acids is 3. The number of piperidine rings is 1. The predicted molar refractivity (Wildman–Crippen MR) is 77.8 cm³/mol. The zero-order chi connectivity index (χ0) is 16.4. The number of aromatic nitrogens is 2. The highest BCUT2D eigenvalue weighted by Gasteiger charge is 2.44. The maximum atomic E-state index is 12.2. The first kappa shape index (κ1) is 15.7. The smallest absolute Gasteiger partial charge is 0.410 e. The summed E-state index contributed by atoms with van der Waals surface area (Å²) in [5.41, 5.74) is 0.335. The van der Waals surface area contributed by atoms with Crippen LogP contribution in [0.3, 0.4) is 0 Å². The summed E-state index contributed by atoms with van der Waals surface area (Å²) >= 11 is 1.13. The van der Waals surface area contributed by atoms with Gasteiger partial charge in [0, 0.05) is 24.5 Å². The van der Waals surface area contributed by atoms with Gasteiger partial charge in [0.15, 0.2) is 11.7 Å². The van der Waals surface area contributed by atoms with Crippen molar-refractivity contribution in [1.29, 1.82) is 0 Å². The molecule has 0 aromatic carbocycles. The summed E-state index contributed by atoms with van der Waals surface area (Å²) in [5, 5.41) is 5.39. The normalized spacial score (nSPS) is 22.1. The Kier molecular flexibility index (Phi) is 4.42. The van der Waals surface area contributed by atoms with E-state index in [0.29, 0.717) is 31.6 Å². The van der Waals surface area contributed by atoms with Crippen LogP contribution < -0.4 is 0 Å². The molecule has 0 radical (unpaired) electrons. The Morgan fingerprint density at radius 2 is 2.13 bits per heavy atom. The number of likely N-dealkylation sites (tertiary alicyclic amines) is 1. The number of esters is 1. The summed E-state index contributed by atoms with van der Waals surface area (Å²) < 4.78 is 13.4. The average Bonchev–Trinajstić information content (AvgIpc) is 3.23. The lowest BCUT2D eigenvalue weighted by atomic mass is 10.0. The summed E-state index contributed by atoms with van der Waals surface area (Å²) in [7, 11) is 1.28. The van der Waals surface area contributed by atoms with Crippen molar-refractivity contribution < 1.29 is 23.9 Å². The van der Waals surface area contributed by atoms with Crippen molar-refractivity contribution in [3.63, 3.8) is 0 Å². The molecule has 0 aliphatic carbocycles. The molecule has 0 bridgehead atoms.